The third kappa shape index (κ3) is 2.81. The van der Waals surface area contributed by atoms with Crippen LogP contribution in [-0.4, -0.2) is 16.7 Å². The van der Waals surface area contributed by atoms with E-state index in [9.17, 15) is 4.79 Å². The van der Waals surface area contributed by atoms with E-state index < -0.39 is 0 Å². The Labute approximate surface area is 120 Å². The Morgan fingerprint density at radius 3 is 2.70 bits per heavy atom. The van der Waals surface area contributed by atoms with E-state index in [1.807, 2.05) is 42.6 Å². The molecule has 0 aliphatic carbocycles. The highest BCUT2D eigenvalue weighted by Gasteiger charge is 1.99. The first kappa shape index (κ1) is 12.7. The van der Waals surface area contributed by atoms with Crippen LogP contribution in [0.4, 0.5) is 0 Å². The summed E-state index contributed by atoms with van der Waals surface area (Å²) in [5.74, 6) is 0.0868. The number of aromatic nitrogens is 1. The molecule has 1 aliphatic rings. The van der Waals surface area contributed by atoms with Crippen LogP contribution in [0.2, 0.25) is 0 Å². The molecule has 4 heteroatoms. The van der Waals surface area contributed by atoms with Gasteiger partial charge in [-0.2, -0.15) is 4.37 Å². The molecule has 20 heavy (non-hydrogen) atoms. The predicted octanol–water partition coefficient (Wildman–Crippen LogP) is 1.97. The first-order valence-electron chi connectivity index (χ1n) is 6.26. The molecule has 1 aromatic heterocycles. The van der Waals surface area contributed by atoms with Crippen molar-refractivity contribution in [3.63, 3.8) is 0 Å². The minimum absolute atomic E-state index is 0.0868. The molecule has 2 aromatic carbocycles. The summed E-state index contributed by atoms with van der Waals surface area (Å²) in [6.45, 7) is 0.303. The number of hydrogen-bond acceptors (Lipinski definition) is 4. The van der Waals surface area contributed by atoms with Gasteiger partial charge in [0.2, 0.25) is 0 Å². The average molecular weight is 280 g/mol. The molecule has 3 aromatic rings. The number of rotatable bonds is 0. The van der Waals surface area contributed by atoms with Gasteiger partial charge in [-0.15, -0.1) is 0 Å². The van der Waals surface area contributed by atoms with Crippen molar-refractivity contribution in [2.45, 2.75) is 0 Å². The van der Waals surface area contributed by atoms with E-state index in [-0.39, 0.29) is 5.78 Å². The number of hydrogen-bond donors (Lipinski definition) is 0. The summed E-state index contributed by atoms with van der Waals surface area (Å²) < 4.78 is 5.30. The molecule has 0 bridgehead atoms. The zero-order chi connectivity index (χ0) is 13.8. The molecule has 0 unspecified atom stereocenters. The maximum Gasteiger partial charge on any atom is 0.177 e. The maximum absolute atomic E-state index is 10.9. The quantitative estimate of drug-likeness (QED) is 0.632. The molecule has 0 saturated heterocycles. The Morgan fingerprint density at radius 1 is 1.00 bits per heavy atom. The Balaban J connectivity index is 0.000000123. The second-order valence-electron chi connectivity index (χ2n) is 4.35. The normalized spacial score (nSPS) is 12.7. The first-order chi connectivity index (χ1) is 9.83. The molecule has 98 valence electrons. The highest BCUT2D eigenvalue weighted by atomic mass is 32.1. The van der Waals surface area contributed by atoms with Gasteiger partial charge in [0.05, 0.1) is 10.1 Å². The lowest BCUT2D eigenvalue weighted by molar-refractivity contribution is -0.112. The molecule has 4 rings (SSSR count). The van der Waals surface area contributed by atoms with Crippen LogP contribution in [-0.2, 0) is 4.79 Å². The van der Waals surface area contributed by atoms with Gasteiger partial charge in [-0.3, -0.25) is 9.79 Å². The predicted molar refractivity (Wildman–Crippen MR) is 81.2 cm³/mol. The van der Waals surface area contributed by atoms with E-state index in [1.54, 1.807) is 6.08 Å². The lowest BCUT2D eigenvalue weighted by atomic mass is 10.2. The largest absolute Gasteiger partial charge is 0.293 e. The van der Waals surface area contributed by atoms with Crippen LogP contribution in [0.5, 0.6) is 0 Å². The topological polar surface area (TPSA) is 42.3 Å². The number of para-hydroxylation sites is 1. The highest BCUT2D eigenvalue weighted by molar-refractivity contribution is 7.13. The minimum atomic E-state index is 0.0868. The smallest absolute Gasteiger partial charge is 0.177 e. The van der Waals surface area contributed by atoms with Crippen molar-refractivity contribution in [1.29, 1.82) is 0 Å². The van der Waals surface area contributed by atoms with Crippen LogP contribution in [0.25, 0.3) is 16.2 Å². The molecule has 3 nitrogen and oxygen atoms in total. The SMILES string of the molecule is O=C1C=c2ccccc2=NC1.c1ccc2sncc2c1. The molecule has 1 aliphatic heterocycles. The second kappa shape index (κ2) is 5.75. The maximum atomic E-state index is 10.9. The van der Waals surface area contributed by atoms with Crippen LogP contribution < -0.4 is 10.6 Å². The summed E-state index contributed by atoms with van der Waals surface area (Å²) in [5.41, 5.74) is 0. The second-order valence-corrected chi connectivity index (χ2v) is 5.18. The Morgan fingerprint density at radius 2 is 1.80 bits per heavy atom. The van der Waals surface area contributed by atoms with Gasteiger partial charge in [0.15, 0.2) is 5.78 Å². The first-order valence-corrected chi connectivity index (χ1v) is 7.04. The third-order valence-electron chi connectivity index (χ3n) is 2.92. The van der Waals surface area contributed by atoms with Gasteiger partial charge in [0.25, 0.3) is 0 Å². The fourth-order valence-corrected chi connectivity index (χ4v) is 2.59. The van der Waals surface area contributed by atoms with Crippen LogP contribution in [0.3, 0.4) is 0 Å². The summed E-state index contributed by atoms with van der Waals surface area (Å²) in [5, 5.41) is 3.10. The van der Waals surface area contributed by atoms with E-state index in [0.717, 1.165) is 10.6 Å². The number of carbonyl (C=O) groups excluding carboxylic acids is 1. The summed E-state index contributed by atoms with van der Waals surface area (Å²) in [4.78, 5) is 15.0. The summed E-state index contributed by atoms with van der Waals surface area (Å²) >= 11 is 1.54. The van der Waals surface area contributed by atoms with Gasteiger partial charge >= 0.3 is 0 Å². The van der Waals surface area contributed by atoms with Crippen molar-refractivity contribution in [3.05, 3.63) is 65.3 Å². The summed E-state index contributed by atoms with van der Waals surface area (Å²) in [6, 6.07) is 15.8. The molecule has 0 radical (unpaired) electrons. The van der Waals surface area contributed by atoms with Crippen LogP contribution in [0.1, 0.15) is 0 Å². The lowest BCUT2D eigenvalue weighted by Gasteiger charge is -1.96. The number of nitrogens with zero attached hydrogens (tertiary/aromatic N) is 2. The van der Waals surface area contributed by atoms with Gasteiger partial charge in [-0.1, -0.05) is 36.4 Å². The molecule has 0 spiro atoms. The Bertz CT molecular complexity index is 837. The highest BCUT2D eigenvalue weighted by Crippen LogP contribution is 2.15. The van der Waals surface area contributed by atoms with E-state index in [0.29, 0.717) is 6.54 Å². The van der Waals surface area contributed by atoms with Gasteiger partial charge in [0, 0.05) is 16.8 Å². The molecular weight excluding hydrogens is 268 g/mol. The van der Waals surface area contributed by atoms with Gasteiger partial charge in [-0.05, 0) is 29.7 Å². The van der Waals surface area contributed by atoms with E-state index in [4.69, 9.17) is 0 Å². The van der Waals surface area contributed by atoms with Crippen molar-refractivity contribution < 1.29 is 4.79 Å². The molecule has 2 heterocycles. The standard InChI is InChI=1S/C9H7NO.C7H5NS/c11-8-5-7-3-1-2-4-9(7)10-6-8;1-2-4-7-6(3-1)5-8-9-7/h1-5H,6H2;1-5H. The van der Waals surface area contributed by atoms with Gasteiger partial charge in [-0.25, -0.2) is 0 Å². The molecule has 0 N–H and O–H groups in total. The zero-order valence-corrected chi connectivity index (χ0v) is 11.5. The fraction of sp³-hybridized carbons (Fsp3) is 0.0625. The van der Waals surface area contributed by atoms with Crippen molar-refractivity contribution >= 4 is 33.5 Å². The molecule has 0 amide bonds. The third-order valence-corrected chi connectivity index (χ3v) is 3.70. The van der Waals surface area contributed by atoms with Crippen LogP contribution in [0, 0.1) is 0 Å². The molecular formula is C16H12N2OS. The number of benzene rings is 2. The van der Waals surface area contributed by atoms with Crippen LogP contribution >= 0.6 is 11.5 Å². The minimum Gasteiger partial charge on any atom is -0.293 e. The van der Waals surface area contributed by atoms with Crippen molar-refractivity contribution in [1.82, 2.24) is 4.37 Å². The number of Topliss-reactive ketones (excluding diaryl/α,β-unsaturated/α-hetero) is 1. The number of ketones is 1. The van der Waals surface area contributed by atoms with E-state index >= 15 is 0 Å². The van der Waals surface area contributed by atoms with Gasteiger partial charge in [0.1, 0.15) is 6.54 Å². The van der Waals surface area contributed by atoms with Gasteiger partial charge < -0.3 is 0 Å². The average Bonchev–Trinajstić information content (AvgIpc) is 2.96. The monoisotopic (exact) mass is 280 g/mol. The molecule has 0 atom stereocenters. The fourth-order valence-electron chi connectivity index (χ4n) is 1.95. The van der Waals surface area contributed by atoms with Crippen molar-refractivity contribution in [2.24, 2.45) is 4.99 Å². The summed E-state index contributed by atoms with van der Waals surface area (Å²) in [6.07, 6.45) is 3.53. The van der Waals surface area contributed by atoms with Crippen LogP contribution in [0.15, 0.2) is 59.7 Å². The Kier molecular flexibility index (Phi) is 3.65. The number of fused-ring (bicyclic) bond motifs is 2. The molecule has 0 fully saturated rings. The van der Waals surface area contributed by atoms with Crippen molar-refractivity contribution in [3.8, 4) is 0 Å². The zero-order valence-electron chi connectivity index (χ0n) is 10.7. The Hall–Kier alpha value is -2.33. The number of carbonyl (C=O) groups is 1. The molecule has 0 saturated carbocycles. The summed E-state index contributed by atoms with van der Waals surface area (Å²) in [7, 11) is 0. The lowest BCUT2D eigenvalue weighted by Crippen LogP contribution is -2.30. The van der Waals surface area contributed by atoms with E-state index in [1.165, 1.54) is 21.6 Å². The van der Waals surface area contributed by atoms with E-state index in [2.05, 4.69) is 21.5 Å². The van der Waals surface area contributed by atoms with Crippen molar-refractivity contribution in [2.75, 3.05) is 6.54 Å².